The van der Waals surface area contributed by atoms with Crippen molar-refractivity contribution in [2.45, 2.75) is 25.3 Å². The first-order chi connectivity index (χ1) is 10.2. The summed E-state index contributed by atoms with van der Waals surface area (Å²) >= 11 is 0. The fourth-order valence-corrected chi connectivity index (χ4v) is 2.34. The van der Waals surface area contributed by atoms with E-state index in [1.807, 2.05) is 0 Å². The van der Waals surface area contributed by atoms with E-state index in [1.54, 1.807) is 24.3 Å². The largest absolute Gasteiger partial charge is 0.508 e. The van der Waals surface area contributed by atoms with Gasteiger partial charge < -0.3 is 14.8 Å². The van der Waals surface area contributed by atoms with Gasteiger partial charge >= 0.3 is 6.01 Å². The maximum atomic E-state index is 11.9. The Morgan fingerprint density at radius 2 is 2.38 bits per heavy atom. The average molecular weight is 288 g/mol. The van der Waals surface area contributed by atoms with Crippen LogP contribution < -0.4 is 10.6 Å². The number of carbonyl (C=O) groups excluding carboxylic acids is 1. The van der Waals surface area contributed by atoms with E-state index >= 15 is 0 Å². The first kappa shape index (κ1) is 13.6. The summed E-state index contributed by atoms with van der Waals surface area (Å²) in [5.41, 5.74) is 0.713. The van der Waals surface area contributed by atoms with Crippen molar-refractivity contribution >= 4 is 11.9 Å². The molecule has 1 aliphatic rings. The van der Waals surface area contributed by atoms with E-state index in [2.05, 4.69) is 20.8 Å². The van der Waals surface area contributed by atoms with Crippen molar-refractivity contribution in [1.29, 1.82) is 0 Å². The minimum atomic E-state index is -0.268. The number of phenolic OH excluding ortho intramolecular Hbond substituents is 1. The summed E-state index contributed by atoms with van der Waals surface area (Å²) in [6.07, 6.45) is 2.17. The first-order valence-corrected chi connectivity index (χ1v) is 6.85. The number of rotatable bonds is 4. The van der Waals surface area contributed by atoms with Crippen molar-refractivity contribution < 1.29 is 14.3 Å². The molecule has 0 bridgehead atoms. The highest BCUT2D eigenvalue weighted by molar-refractivity contribution is 5.90. The number of hydrogen-bond donors (Lipinski definition) is 3. The van der Waals surface area contributed by atoms with Crippen LogP contribution in [0.5, 0.6) is 5.75 Å². The van der Waals surface area contributed by atoms with E-state index in [4.69, 9.17) is 4.42 Å². The Morgan fingerprint density at radius 3 is 3.14 bits per heavy atom. The highest BCUT2D eigenvalue weighted by Gasteiger charge is 2.22. The predicted octanol–water partition coefficient (Wildman–Crippen LogP) is 1.38. The van der Waals surface area contributed by atoms with Crippen LogP contribution in [-0.4, -0.2) is 27.8 Å². The number of nitrogens with one attached hydrogen (secondary N) is 2. The molecule has 0 aliphatic carbocycles. The number of aromatic nitrogens is 2. The number of nitrogens with zero attached hydrogens (tertiary/aromatic N) is 2. The molecule has 7 nitrogen and oxygen atoms in total. The van der Waals surface area contributed by atoms with Gasteiger partial charge in [-0.3, -0.25) is 10.1 Å². The summed E-state index contributed by atoms with van der Waals surface area (Å²) in [6.45, 7) is 0.937. The topological polar surface area (TPSA) is 100 Å². The number of phenols is 1. The van der Waals surface area contributed by atoms with Crippen LogP contribution in [0.15, 0.2) is 28.7 Å². The fraction of sp³-hybridized carbons (Fsp3) is 0.357. The van der Waals surface area contributed by atoms with Gasteiger partial charge in [-0.15, -0.1) is 5.10 Å². The Hall–Kier alpha value is -2.41. The molecule has 1 fully saturated rings. The van der Waals surface area contributed by atoms with Crippen molar-refractivity contribution in [3.63, 3.8) is 0 Å². The maximum Gasteiger partial charge on any atom is 0.322 e. The van der Waals surface area contributed by atoms with Crippen molar-refractivity contribution in [3.05, 3.63) is 35.7 Å². The molecule has 1 saturated heterocycles. The summed E-state index contributed by atoms with van der Waals surface area (Å²) in [5, 5.41) is 22.9. The van der Waals surface area contributed by atoms with Gasteiger partial charge in [0.05, 0.1) is 12.5 Å². The molecule has 3 N–H and O–H groups in total. The van der Waals surface area contributed by atoms with Crippen LogP contribution in [0.4, 0.5) is 6.01 Å². The van der Waals surface area contributed by atoms with E-state index in [0.717, 1.165) is 19.4 Å². The smallest absolute Gasteiger partial charge is 0.322 e. The summed E-state index contributed by atoms with van der Waals surface area (Å²) in [4.78, 5) is 11.9. The molecule has 0 saturated carbocycles. The van der Waals surface area contributed by atoms with Gasteiger partial charge in [-0.2, -0.15) is 0 Å². The minimum absolute atomic E-state index is 0.0780. The molecule has 0 spiro atoms. The first-order valence-electron chi connectivity index (χ1n) is 6.85. The number of anilines is 1. The lowest BCUT2D eigenvalue weighted by Gasteiger charge is -2.03. The summed E-state index contributed by atoms with van der Waals surface area (Å²) in [6, 6.07) is 6.73. The molecule has 3 rings (SSSR count). The van der Waals surface area contributed by atoms with Crippen LogP contribution in [0.3, 0.4) is 0 Å². The molecular formula is C14H16N4O3. The molecule has 2 aromatic rings. The Balaban J connectivity index is 1.59. The van der Waals surface area contributed by atoms with E-state index in [9.17, 15) is 9.90 Å². The number of amides is 1. The molecular weight excluding hydrogens is 272 g/mol. The van der Waals surface area contributed by atoms with Crippen LogP contribution >= 0.6 is 0 Å². The molecule has 0 radical (unpaired) electrons. The monoisotopic (exact) mass is 288 g/mol. The second-order valence-corrected chi connectivity index (χ2v) is 4.99. The van der Waals surface area contributed by atoms with E-state index < -0.39 is 0 Å². The van der Waals surface area contributed by atoms with Crippen LogP contribution in [0.2, 0.25) is 0 Å². The van der Waals surface area contributed by atoms with E-state index in [1.165, 1.54) is 0 Å². The number of hydrogen-bond acceptors (Lipinski definition) is 6. The lowest BCUT2D eigenvalue weighted by Crippen LogP contribution is -2.14. The fourth-order valence-electron chi connectivity index (χ4n) is 2.34. The Bertz CT molecular complexity index is 635. The third-order valence-corrected chi connectivity index (χ3v) is 3.32. The molecule has 1 atom stereocenters. The molecule has 1 aliphatic heterocycles. The van der Waals surface area contributed by atoms with Crippen LogP contribution in [-0.2, 0) is 11.2 Å². The number of aromatic hydroxyl groups is 1. The van der Waals surface area contributed by atoms with Crippen molar-refractivity contribution in [2.75, 3.05) is 11.9 Å². The zero-order chi connectivity index (χ0) is 14.7. The van der Waals surface area contributed by atoms with Crippen molar-refractivity contribution in [3.8, 4) is 5.75 Å². The molecule has 1 aromatic carbocycles. The molecule has 2 heterocycles. The summed E-state index contributed by atoms with van der Waals surface area (Å²) in [7, 11) is 0. The van der Waals surface area contributed by atoms with Gasteiger partial charge in [-0.25, -0.2) is 0 Å². The molecule has 110 valence electrons. The average Bonchev–Trinajstić information content (AvgIpc) is 3.08. The molecule has 21 heavy (non-hydrogen) atoms. The van der Waals surface area contributed by atoms with E-state index in [0.29, 0.717) is 11.5 Å². The van der Waals surface area contributed by atoms with Crippen LogP contribution in [0, 0.1) is 0 Å². The SMILES string of the molecule is O=C(Cc1cccc(O)c1)Nc1nnc(C2CCCN2)o1. The van der Waals surface area contributed by atoms with Gasteiger partial charge in [0.1, 0.15) is 5.75 Å². The second kappa shape index (κ2) is 5.92. The Kier molecular flexibility index (Phi) is 3.83. The van der Waals surface area contributed by atoms with Gasteiger partial charge in [0.2, 0.25) is 11.8 Å². The van der Waals surface area contributed by atoms with Gasteiger partial charge in [0.15, 0.2) is 0 Å². The lowest BCUT2D eigenvalue weighted by molar-refractivity contribution is -0.115. The number of benzene rings is 1. The zero-order valence-corrected chi connectivity index (χ0v) is 11.4. The normalized spacial score (nSPS) is 17.8. The minimum Gasteiger partial charge on any atom is -0.508 e. The van der Waals surface area contributed by atoms with Gasteiger partial charge in [-0.1, -0.05) is 17.2 Å². The third kappa shape index (κ3) is 3.38. The van der Waals surface area contributed by atoms with Gasteiger partial charge in [-0.05, 0) is 37.1 Å². The van der Waals surface area contributed by atoms with Crippen molar-refractivity contribution in [1.82, 2.24) is 15.5 Å². The predicted molar refractivity (Wildman–Crippen MR) is 74.7 cm³/mol. The van der Waals surface area contributed by atoms with E-state index in [-0.39, 0.29) is 30.1 Å². The molecule has 1 unspecified atom stereocenters. The molecule has 7 heteroatoms. The summed E-state index contributed by atoms with van der Waals surface area (Å²) in [5.74, 6) is 0.364. The van der Waals surface area contributed by atoms with Crippen LogP contribution in [0.1, 0.15) is 30.3 Å². The maximum absolute atomic E-state index is 11.9. The third-order valence-electron chi connectivity index (χ3n) is 3.32. The van der Waals surface area contributed by atoms with Gasteiger partial charge in [0.25, 0.3) is 0 Å². The molecule has 1 aromatic heterocycles. The Morgan fingerprint density at radius 1 is 1.48 bits per heavy atom. The van der Waals surface area contributed by atoms with Crippen LogP contribution in [0.25, 0.3) is 0 Å². The zero-order valence-electron chi connectivity index (χ0n) is 11.4. The molecule has 1 amide bonds. The van der Waals surface area contributed by atoms with Gasteiger partial charge in [0, 0.05) is 0 Å². The second-order valence-electron chi connectivity index (χ2n) is 4.99. The van der Waals surface area contributed by atoms with Crippen molar-refractivity contribution in [2.24, 2.45) is 0 Å². The Labute approximate surface area is 121 Å². The number of carbonyl (C=O) groups is 1. The lowest BCUT2D eigenvalue weighted by atomic mass is 10.1. The quantitative estimate of drug-likeness (QED) is 0.786. The summed E-state index contributed by atoms with van der Waals surface area (Å²) < 4.78 is 5.43. The standard InChI is InChI=1S/C14H16N4O3/c19-10-4-1-3-9(7-10)8-12(20)16-14-18-17-13(21-14)11-5-2-6-15-11/h1,3-4,7,11,15,19H,2,5-6,8H2,(H,16,18,20). The highest BCUT2D eigenvalue weighted by Crippen LogP contribution is 2.22. The highest BCUT2D eigenvalue weighted by atomic mass is 16.4.